The van der Waals surface area contributed by atoms with Crippen molar-refractivity contribution in [3.8, 4) is 0 Å². The molecule has 0 spiro atoms. The number of rotatable bonds is 4. The molecule has 0 heterocycles. The maximum atomic E-state index is 12.7. The minimum atomic E-state index is -3.22. The molecule has 90 valence electrons. The van der Waals surface area contributed by atoms with Gasteiger partial charge in [0.05, 0.1) is 5.75 Å². The third kappa shape index (κ3) is 2.80. The van der Waals surface area contributed by atoms with E-state index in [1.54, 1.807) is 26.0 Å². The van der Waals surface area contributed by atoms with Gasteiger partial charge in [-0.25, -0.2) is 12.8 Å². The van der Waals surface area contributed by atoms with E-state index in [4.69, 9.17) is 0 Å². The summed E-state index contributed by atoms with van der Waals surface area (Å²) in [6, 6.07) is 5.57. The van der Waals surface area contributed by atoms with E-state index in [1.807, 2.05) is 0 Å². The summed E-state index contributed by atoms with van der Waals surface area (Å²) in [5.74, 6) is -0.258. The van der Waals surface area contributed by atoms with Gasteiger partial charge in [0.15, 0.2) is 0 Å². The zero-order valence-electron chi connectivity index (χ0n) is 9.64. The molecule has 0 unspecified atom stereocenters. The number of benzene rings is 1. The zero-order valence-corrected chi connectivity index (χ0v) is 10.5. The van der Waals surface area contributed by atoms with Crippen molar-refractivity contribution in [3.63, 3.8) is 0 Å². The molecule has 1 aromatic carbocycles. The first-order chi connectivity index (χ1) is 7.38. The molecule has 0 aliphatic rings. The lowest BCUT2D eigenvalue weighted by atomic mass is 10.1. The van der Waals surface area contributed by atoms with Crippen molar-refractivity contribution in [2.75, 3.05) is 12.8 Å². The Morgan fingerprint density at radius 3 is 2.25 bits per heavy atom. The van der Waals surface area contributed by atoms with E-state index in [2.05, 4.69) is 0 Å². The third-order valence-electron chi connectivity index (χ3n) is 2.70. The van der Waals surface area contributed by atoms with E-state index in [0.29, 0.717) is 0 Å². The molecule has 1 aromatic rings. The van der Waals surface area contributed by atoms with Crippen LogP contribution < -0.4 is 0 Å². The summed E-state index contributed by atoms with van der Waals surface area (Å²) in [6.07, 6.45) is 0. The first-order valence-corrected chi connectivity index (χ1v) is 6.70. The first-order valence-electron chi connectivity index (χ1n) is 5.09. The van der Waals surface area contributed by atoms with Gasteiger partial charge < -0.3 is 0 Å². The molecule has 0 amide bonds. The summed E-state index contributed by atoms with van der Waals surface area (Å²) in [5, 5.41) is 0. The quantitative estimate of drug-likeness (QED) is 0.815. The van der Waals surface area contributed by atoms with E-state index in [1.165, 1.54) is 23.5 Å². The Bertz CT molecular complexity index is 442. The second-order valence-corrected chi connectivity index (χ2v) is 5.96. The highest BCUT2D eigenvalue weighted by Gasteiger charge is 2.22. The molecule has 1 rings (SSSR count). The fourth-order valence-corrected chi connectivity index (χ4v) is 2.41. The van der Waals surface area contributed by atoms with Crippen molar-refractivity contribution in [2.45, 2.75) is 19.9 Å². The molecule has 0 aliphatic carbocycles. The van der Waals surface area contributed by atoms with Gasteiger partial charge >= 0.3 is 0 Å². The highest BCUT2D eigenvalue weighted by Crippen LogP contribution is 2.21. The van der Waals surface area contributed by atoms with Crippen LogP contribution in [0, 0.1) is 5.82 Å². The Balaban J connectivity index is 2.94. The second kappa shape index (κ2) is 4.93. The van der Waals surface area contributed by atoms with Crippen molar-refractivity contribution >= 4 is 10.0 Å². The molecule has 3 nitrogen and oxygen atoms in total. The van der Waals surface area contributed by atoms with Crippen LogP contribution in [0.15, 0.2) is 24.3 Å². The fourth-order valence-electron chi connectivity index (χ4n) is 1.40. The maximum absolute atomic E-state index is 12.7. The van der Waals surface area contributed by atoms with E-state index >= 15 is 0 Å². The van der Waals surface area contributed by atoms with Crippen LogP contribution in [-0.4, -0.2) is 25.5 Å². The lowest BCUT2D eigenvalue weighted by molar-refractivity contribution is 0.399. The van der Waals surface area contributed by atoms with Crippen molar-refractivity contribution in [1.29, 1.82) is 0 Å². The lowest BCUT2D eigenvalue weighted by Gasteiger charge is -2.23. The van der Waals surface area contributed by atoms with Gasteiger partial charge in [0.1, 0.15) is 5.82 Å². The molecule has 0 saturated heterocycles. The van der Waals surface area contributed by atoms with Gasteiger partial charge in [-0.3, -0.25) is 0 Å². The number of sulfonamides is 1. The monoisotopic (exact) mass is 245 g/mol. The van der Waals surface area contributed by atoms with Gasteiger partial charge in [-0.05, 0) is 31.5 Å². The Labute approximate surface area is 95.9 Å². The smallest absolute Gasteiger partial charge is 0.212 e. The van der Waals surface area contributed by atoms with Crippen molar-refractivity contribution in [1.82, 2.24) is 4.31 Å². The molecular weight excluding hydrogens is 229 g/mol. The number of nitrogens with zero attached hydrogens (tertiary/aromatic N) is 1. The fraction of sp³-hybridized carbons (Fsp3) is 0.455. The van der Waals surface area contributed by atoms with E-state index < -0.39 is 10.0 Å². The maximum Gasteiger partial charge on any atom is 0.214 e. The van der Waals surface area contributed by atoms with Gasteiger partial charge in [0, 0.05) is 13.1 Å². The van der Waals surface area contributed by atoms with Crippen LogP contribution in [0.25, 0.3) is 0 Å². The highest BCUT2D eigenvalue weighted by atomic mass is 32.2. The van der Waals surface area contributed by atoms with Crippen LogP contribution in [0.3, 0.4) is 0 Å². The van der Waals surface area contributed by atoms with Gasteiger partial charge in [-0.15, -0.1) is 0 Å². The Morgan fingerprint density at radius 2 is 1.81 bits per heavy atom. The average Bonchev–Trinajstić information content (AvgIpc) is 2.28. The Hall–Kier alpha value is -0.940. The average molecular weight is 245 g/mol. The summed E-state index contributed by atoms with van der Waals surface area (Å²) < 4.78 is 37.3. The third-order valence-corrected chi connectivity index (χ3v) is 4.62. The SMILES string of the molecule is CCS(=O)(=O)N(C)[C@@H](C)c1ccc(F)cc1. The zero-order chi connectivity index (χ0) is 12.3. The van der Waals surface area contributed by atoms with Crippen LogP contribution >= 0.6 is 0 Å². The number of hydrogen-bond acceptors (Lipinski definition) is 2. The van der Waals surface area contributed by atoms with Crippen LogP contribution in [-0.2, 0) is 10.0 Å². The highest BCUT2D eigenvalue weighted by molar-refractivity contribution is 7.89. The normalized spacial score (nSPS) is 14.1. The standard InChI is InChI=1S/C11H16FNO2S/c1-4-16(14,15)13(3)9(2)10-5-7-11(12)8-6-10/h5-9H,4H2,1-3H3/t9-/m0/s1. The largest absolute Gasteiger partial charge is 0.214 e. The van der Waals surface area contributed by atoms with Gasteiger partial charge in [0.2, 0.25) is 10.0 Å². The predicted octanol–water partition coefficient (Wildman–Crippen LogP) is 2.17. The second-order valence-electron chi connectivity index (χ2n) is 3.64. The topological polar surface area (TPSA) is 37.4 Å². The molecule has 5 heteroatoms. The summed E-state index contributed by atoms with van der Waals surface area (Å²) in [6.45, 7) is 3.38. The predicted molar refractivity (Wildman–Crippen MR) is 62.0 cm³/mol. The molecule has 0 aromatic heterocycles. The molecular formula is C11H16FNO2S. The van der Waals surface area contributed by atoms with Crippen LogP contribution in [0.1, 0.15) is 25.5 Å². The Morgan fingerprint density at radius 1 is 1.31 bits per heavy atom. The van der Waals surface area contributed by atoms with E-state index in [-0.39, 0.29) is 17.6 Å². The molecule has 0 N–H and O–H groups in total. The van der Waals surface area contributed by atoms with Gasteiger partial charge in [-0.2, -0.15) is 4.31 Å². The lowest BCUT2D eigenvalue weighted by Crippen LogP contribution is -2.30. The number of halogens is 1. The van der Waals surface area contributed by atoms with Gasteiger partial charge in [-0.1, -0.05) is 12.1 Å². The van der Waals surface area contributed by atoms with Crippen LogP contribution in [0.2, 0.25) is 0 Å². The minimum absolute atomic E-state index is 0.0645. The van der Waals surface area contributed by atoms with Crippen LogP contribution in [0.4, 0.5) is 4.39 Å². The van der Waals surface area contributed by atoms with Gasteiger partial charge in [0.25, 0.3) is 0 Å². The van der Waals surface area contributed by atoms with E-state index in [9.17, 15) is 12.8 Å². The number of hydrogen-bond donors (Lipinski definition) is 0. The molecule has 0 saturated carbocycles. The van der Waals surface area contributed by atoms with Crippen molar-refractivity contribution in [2.24, 2.45) is 0 Å². The molecule has 16 heavy (non-hydrogen) atoms. The first kappa shape index (κ1) is 13.1. The molecule has 0 bridgehead atoms. The minimum Gasteiger partial charge on any atom is -0.212 e. The summed E-state index contributed by atoms with van der Waals surface area (Å²) >= 11 is 0. The van der Waals surface area contributed by atoms with Crippen molar-refractivity contribution < 1.29 is 12.8 Å². The summed E-state index contributed by atoms with van der Waals surface area (Å²) in [5.41, 5.74) is 0.779. The molecule has 1 atom stereocenters. The Kier molecular flexibility index (Phi) is 4.04. The summed E-state index contributed by atoms with van der Waals surface area (Å²) in [7, 11) is -1.68. The molecule has 0 radical (unpaired) electrons. The van der Waals surface area contributed by atoms with E-state index in [0.717, 1.165) is 5.56 Å². The molecule has 0 aliphatic heterocycles. The summed E-state index contributed by atoms with van der Waals surface area (Å²) in [4.78, 5) is 0. The van der Waals surface area contributed by atoms with Crippen molar-refractivity contribution in [3.05, 3.63) is 35.6 Å². The van der Waals surface area contributed by atoms with Crippen LogP contribution in [0.5, 0.6) is 0 Å². The molecule has 0 fully saturated rings.